The Bertz CT molecular complexity index is 743. The smallest absolute Gasteiger partial charge is 0.194 e. The second kappa shape index (κ2) is 9.60. The first-order valence-electron chi connectivity index (χ1n) is 10.3. The minimum atomic E-state index is 0.788. The Labute approximate surface area is 175 Å². The van der Waals surface area contributed by atoms with Gasteiger partial charge in [-0.05, 0) is 37.3 Å². The van der Waals surface area contributed by atoms with Crippen LogP contribution >= 0.6 is 22.7 Å². The minimum Gasteiger partial charge on any atom is -0.360 e. The van der Waals surface area contributed by atoms with Crippen molar-refractivity contribution in [3.63, 3.8) is 0 Å². The first-order chi connectivity index (χ1) is 13.8. The molecule has 2 aliphatic heterocycles. The number of aliphatic imine (C=N–C) groups is 1. The molecule has 0 atom stereocenters. The van der Waals surface area contributed by atoms with Gasteiger partial charge in [0.1, 0.15) is 0 Å². The van der Waals surface area contributed by atoms with Crippen molar-refractivity contribution in [1.29, 1.82) is 0 Å². The lowest BCUT2D eigenvalue weighted by atomic mass is 10.3. The molecule has 0 spiro atoms. The Morgan fingerprint density at radius 2 is 1.93 bits per heavy atom. The van der Waals surface area contributed by atoms with Crippen LogP contribution in [-0.4, -0.2) is 68.2 Å². The summed E-state index contributed by atoms with van der Waals surface area (Å²) >= 11 is 3.60. The van der Waals surface area contributed by atoms with Crippen LogP contribution in [0.15, 0.2) is 27.9 Å². The van der Waals surface area contributed by atoms with Gasteiger partial charge in [0.25, 0.3) is 0 Å². The molecule has 0 radical (unpaired) electrons. The van der Waals surface area contributed by atoms with Crippen molar-refractivity contribution in [2.75, 3.05) is 62.2 Å². The van der Waals surface area contributed by atoms with E-state index >= 15 is 0 Å². The van der Waals surface area contributed by atoms with Crippen LogP contribution in [0.4, 0.5) is 10.1 Å². The van der Waals surface area contributed by atoms with E-state index in [2.05, 4.69) is 49.8 Å². The molecule has 2 aliphatic rings. The molecule has 0 aromatic carbocycles. The van der Waals surface area contributed by atoms with Gasteiger partial charge in [-0.3, -0.25) is 4.99 Å². The SMILES string of the molecule is CCNC(=NCCc1csc(N2CCCC2)n1)N1CCN(c2cccs2)CC1. The minimum absolute atomic E-state index is 0.788. The van der Waals surface area contributed by atoms with Crippen molar-refractivity contribution in [3.8, 4) is 0 Å². The topological polar surface area (TPSA) is 47.0 Å². The van der Waals surface area contributed by atoms with Crippen LogP contribution in [0, 0.1) is 0 Å². The van der Waals surface area contributed by atoms with Crippen LogP contribution in [0.2, 0.25) is 0 Å². The van der Waals surface area contributed by atoms with Gasteiger partial charge in [-0.2, -0.15) is 0 Å². The second-order valence-corrected chi connectivity index (χ2v) is 8.99. The lowest BCUT2D eigenvalue weighted by Gasteiger charge is -2.37. The fraction of sp³-hybridized carbons (Fsp3) is 0.600. The molecular weight excluding hydrogens is 388 g/mol. The van der Waals surface area contributed by atoms with Crippen molar-refractivity contribution in [2.45, 2.75) is 26.2 Å². The average molecular weight is 419 g/mol. The third kappa shape index (κ3) is 4.78. The van der Waals surface area contributed by atoms with E-state index in [-0.39, 0.29) is 0 Å². The predicted octanol–water partition coefficient (Wildman–Crippen LogP) is 3.14. The fourth-order valence-electron chi connectivity index (χ4n) is 3.76. The van der Waals surface area contributed by atoms with Gasteiger partial charge in [0.05, 0.1) is 10.7 Å². The van der Waals surface area contributed by atoms with Crippen LogP contribution in [0.3, 0.4) is 0 Å². The molecule has 2 aromatic heterocycles. The second-order valence-electron chi connectivity index (χ2n) is 7.23. The van der Waals surface area contributed by atoms with Crippen LogP contribution < -0.4 is 15.1 Å². The van der Waals surface area contributed by atoms with Crippen LogP contribution in [0.5, 0.6) is 0 Å². The Kier molecular flexibility index (Phi) is 6.69. The number of aromatic nitrogens is 1. The van der Waals surface area contributed by atoms with Gasteiger partial charge < -0.3 is 20.0 Å². The van der Waals surface area contributed by atoms with Crippen molar-refractivity contribution < 1.29 is 0 Å². The lowest BCUT2D eigenvalue weighted by Crippen LogP contribution is -2.52. The summed E-state index contributed by atoms with van der Waals surface area (Å²) in [5.41, 5.74) is 1.18. The Morgan fingerprint density at radius 1 is 1.11 bits per heavy atom. The summed E-state index contributed by atoms with van der Waals surface area (Å²) in [4.78, 5) is 17.0. The van der Waals surface area contributed by atoms with Crippen molar-refractivity contribution >= 4 is 38.8 Å². The summed E-state index contributed by atoms with van der Waals surface area (Å²) in [6.07, 6.45) is 3.50. The van der Waals surface area contributed by atoms with E-state index in [1.165, 1.54) is 28.7 Å². The highest BCUT2D eigenvalue weighted by Crippen LogP contribution is 2.25. The summed E-state index contributed by atoms with van der Waals surface area (Å²) in [6.45, 7) is 10.3. The molecule has 0 saturated carbocycles. The van der Waals surface area contributed by atoms with Gasteiger partial charge in [0.15, 0.2) is 11.1 Å². The van der Waals surface area contributed by atoms with Crippen molar-refractivity contribution in [1.82, 2.24) is 15.2 Å². The number of hydrogen-bond acceptors (Lipinski definition) is 6. The van der Waals surface area contributed by atoms with Gasteiger partial charge >= 0.3 is 0 Å². The van der Waals surface area contributed by atoms with Gasteiger partial charge in [-0.15, -0.1) is 22.7 Å². The standard InChI is InChI=1S/C20H30N6S2/c1-2-21-19(25-13-11-24(12-14-25)18-6-5-15-27-18)22-8-7-17-16-28-20(23-17)26-9-3-4-10-26/h5-6,15-16H,2-4,7-14H2,1H3,(H,21,22). The molecule has 6 nitrogen and oxygen atoms in total. The molecular formula is C20H30N6S2. The number of nitrogens with zero attached hydrogens (tertiary/aromatic N) is 5. The summed E-state index contributed by atoms with van der Waals surface area (Å²) in [5, 5.41) is 10.4. The van der Waals surface area contributed by atoms with Gasteiger partial charge in [-0.25, -0.2) is 4.98 Å². The highest BCUT2D eigenvalue weighted by atomic mass is 32.1. The molecule has 4 rings (SSSR count). The van der Waals surface area contributed by atoms with E-state index in [1.54, 1.807) is 11.3 Å². The zero-order valence-corrected chi connectivity index (χ0v) is 18.3. The maximum atomic E-state index is 4.89. The molecule has 152 valence electrons. The first-order valence-corrected chi connectivity index (χ1v) is 12.1. The third-order valence-corrected chi connectivity index (χ3v) is 7.16. The number of piperazine rings is 1. The molecule has 0 aliphatic carbocycles. The Hall–Kier alpha value is -1.80. The number of rotatable bonds is 6. The molecule has 8 heteroatoms. The van der Waals surface area contributed by atoms with E-state index in [0.717, 1.165) is 64.7 Å². The molecule has 0 unspecified atom stereocenters. The zero-order valence-electron chi connectivity index (χ0n) is 16.6. The van der Waals surface area contributed by atoms with Crippen LogP contribution in [0.1, 0.15) is 25.5 Å². The fourth-order valence-corrected chi connectivity index (χ4v) is 5.45. The maximum absolute atomic E-state index is 4.89. The largest absolute Gasteiger partial charge is 0.360 e. The Morgan fingerprint density at radius 3 is 2.64 bits per heavy atom. The summed E-state index contributed by atoms with van der Waals surface area (Å²) in [5.74, 6) is 1.04. The number of nitrogens with one attached hydrogen (secondary N) is 1. The van der Waals surface area contributed by atoms with Gasteiger partial charge in [0.2, 0.25) is 0 Å². The van der Waals surface area contributed by atoms with Crippen LogP contribution in [-0.2, 0) is 6.42 Å². The zero-order chi connectivity index (χ0) is 19.2. The van der Waals surface area contributed by atoms with Crippen molar-refractivity contribution in [3.05, 3.63) is 28.6 Å². The van der Waals surface area contributed by atoms with E-state index in [9.17, 15) is 0 Å². The first kappa shape index (κ1) is 19.5. The van der Waals surface area contributed by atoms with Crippen LogP contribution in [0.25, 0.3) is 0 Å². The number of guanidine groups is 1. The molecule has 2 aromatic rings. The summed E-state index contributed by atoms with van der Waals surface area (Å²) < 4.78 is 0. The van der Waals surface area contributed by atoms with Gasteiger partial charge in [0, 0.05) is 64.2 Å². The molecule has 0 bridgehead atoms. The van der Waals surface area contributed by atoms with Crippen molar-refractivity contribution in [2.24, 2.45) is 4.99 Å². The highest BCUT2D eigenvalue weighted by molar-refractivity contribution is 7.14. The predicted molar refractivity (Wildman–Crippen MR) is 121 cm³/mol. The van der Waals surface area contributed by atoms with E-state index in [1.807, 2.05) is 11.3 Å². The van der Waals surface area contributed by atoms with E-state index < -0.39 is 0 Å². The lowest BCUT2D eigenvalue weighted by molar-refractivity contribution is 0.373. The summed E-state index contributed by atoms with van der Waals surface area (Å²) in [6, 6.07) is 4.34. The molecule has 4 heterocycles. The number of thiophene rings is 1. The van der Waals surface area contributed by atoms with E-state index in [4.69, 9.17) is 9.98 Å². The number of thiazole rings is 1. The molecule has 0 amide bonds. The highest BCUT2D eigenvalue weighted by Gasteiger charge is 2.20. The third-order valence-electron chi connectivity index (χ3n) is 5.28. The molecule has 2 fully saturated rings. The molecule has 2 saturated heterocycles. The van der Waals surface area contributed by atoms with E-state index in [0.29, 0.717) is 0 Å². The maximum Gasteiger partial charge on any atom is 0.194 e. The number of anilines is 2. The molecule has 28 heavy (non-hydrogen) atoms. The Balaban J connectivity index is 1.30. The average Bonchev–Trinajstić information content (AvgIpc) is 3.50. The summed E-state index contributed by atoms with van der Waals surface area (Å²) in [7, 11) is 0. The normalized spacial score (nSPS) is 18.2. The monoisotopic (exact) mass is 418 g/mol. The number of hydrogen-bond donors (Lipinski definition) is 1. The van der Waals surface area contributed by atoms with Gasteiger partial charge in [-0.1, -0.05) is 0 Å². The quantitative estimate of drug-likeness (QED) is 0.577. The molecule has 1 N–H and O–H groups in total.